The molecule has 0 bridgehead atoms. The number of rotatable bonds is 5. The molecule has 108 valence electrons. The number of halogens is 1. The molecular weight excluding hydrogens is 294 g/mol. The van der Waals surface area contributed by atoms with Gasteiger partial charge < -0.3 is 15.4 Å². The summed E-state index contributed by atoms with van der Waals surface area (Å²) in [4.78, 5) is 5.81. The van der Waals surface area contributed by atoms with Crippen molar-refractivity contribution in [2.45, 2.75) is 13.0 Å². The number of nitrogens with one attached hydrogen (secondary N) is 2. The van der Waals surface area contributed by atoms with E-state index in [0.717, 1.165) is 16.4 Å². The zero-order valence-corrected chi connectivity index (χ0v) is 13.5. The van der Waals surface area contributed by atoms with Crippen molar-refractivity contribution >= 4 is 28.1 Å². The second kappa shape index (κ2) is 6.43. The van der Waals surface area contributed by atoms with E-state index in [1.54, 1.807) is 18.4 Å². The molecule has 1 aromatic heterocycles. The third kappa shape index (κ3) is 2.90. The summed E-state index contributed by atoms with van der Waals surface area (Å²) in [5, 5.41) is 7.83. The van der Waals surface area contributed by atoms with Crippen LogP contribution >= 0.6 is 22.9 Å². The molecule has 0 amide bonds. The van der Waals surface area contributed by atoms with Crippen LogP contribution in [0.15, 0.2) is 18.2 Å². The standard InChI is InChI=1S/C14H18ClN3OS/c1-8(16-2)13-12(18-14(17-3)20-13)9-5-6-11(19-4)10(15)7-9/h5-8,16H,1-4H3,(H,17,18). The Hall–Kier alpha value is -1.30. The first-order chi connectivity index (χ1) is 9.60. The van der Waals surface area contributed by atoms with Crippen molar-refractivity contribution in [2.75, 3.05) is 26.5 Å². The molecule has 0 aliphatic heterocycles. The second-order valence-electron chi connectivity index (χ2n) is 4.34. The van der Waals surface area contributed by atoms with Crippen LogP contribution in [0.2, 0.25) is 5.02 Å². The van der Waals surface area contributed by atoms with Crippen molar-refractivity contribution in [3.05, 3.63) is 28.1 Å². The van der Waals surface area contributed by atoms with Crippen LogP contribution in [0.1, 0.15) is 17.8 Å². The van der Waals surface area contributed by atoms with Crippen molar-refractivity contribution in [2.24, 2.45) is 0 Å². The molecule has 1 aromatic carbocycles. The summed E-state index contributed by atoms with van der Waals surface area (Å²) >= 11 is 7.85. The molecule has 0 aliphatic carbocycles. The summed E-state index contributed by atoms with van der Waals surface area (Å²) in [6.07, 6.45) is 0. The molecule has 20 heavy (non-hydrogen) atoms. The van der Waals surface area contributed by atoms with E-state index >= 15 is 0 Å². The Balaban J connectivity index is 2.50. The summed E-state index contributed by atoms with van der Waals surface area (Å²) in [7, 11) is 5.42. The first-order valence-corrected chi connectivity index (χ1v) is 7.49. The average Bonchev–Trinajstić information content (AvgIpc) is 2.90. The number of ether oxygens (including phenoxy) is 1. The van der Waals surface area contributed by atoms with Crippen LogP contribution < -0.4 is 15.4 Å². The maximum absolute atomic E-state index is 6.21. The fourth-order valence-corrected chi connectivity index (χ4v) is 3.14. The van der Waals surface area contributed by atoms with E-state index < -0.39 is 0 Å². The molecule has 4 nitrogen and oxygen atoms in total. The molecule has 0 saturated heterocycles. The Kier molecular flexibility index (Phi) is 4.86. The minimum Gasteiger partial charge on any atom is -0.495 e. The lowest BCUT2D eigenvalue weighted by Crippen LogP contribution is -2.11. The molecular formula is C14H18ClN3OS. The Morgan fingerprint density at radius 2 is 2.10 bits per heavy atom. The lowest BCUT2D eigenvalue weighted by atomic mass is 10.1. The highest BCUT2D eigenvalue weighted by Gasteiger charge is 2.18. The van der Waals surface area contributed by atoms with Gasteiger partial charge in [-0.1, -0.05) is 22.9 Å². The molecule has 2 N–H and O–H groups in total. The fraction of sp³-hybridized carbons (Fsp3) is 0.357. The minimum absolute atomic E-state index is 0.227. The van der Waals surface area contributed by atoms with Crippen molar-refractivity contribution in [1.29, 1.82) is 0 Å². The number of anilines is 1. The van der Waals surface area contributed by atoms with Gasteiger partial charge in [-0.05, 0) is 32.2 Å². The molecule has 0 saturated carbocycles. The molecule has 6 heteroatoms. The fourth-order valence-electron chi connectivity index (χ4n) is 1.88. The van der Waals surface area contributed by atoms with Crippen molar-refractivity contribution in [1.82, 2.24) is 10.3 Å². The van der Waals surface area contributed by atoms with Crippen molar-refractivity contribution in [3.8, 4) is 17.0 Å². The quantitative estimate of drug-likeness (QED) is 0.882. The normalized spacial score (nSPS) is 12.2. The van der Waals surface area contributed by atoms with Crippen LogP contribution in [0.3, 0.4) is 0 Å². The Morgan fingerprint density at radius 1 is 1.35 bits per heavy atom. The van der Waals surface area contributed by atoms with E-state index in [1.807, 2.05) is 32.3 Å². The Morgan fingerprint density at radius 3 is 2.65 bits per heavy atom. The number of nitrogens with zero attached hydrogens (tertiary/aromatic N) is 1. The van der Waals surface area contributed by atoms with Gasteiger partial charge in [0.2, 0.25) is 0 Å². The van der Waals surface area contributed by atoms with Crippen molar-refractivity contribution in [3.63, 3.8) is 0 Å². The summed E-state index contributed by atoms with van der Waals surface area (Å²) in [6, 6.07) is 5.96. The number of methoxy groups -OCH3 is 1. The zero-order chi connectivity index (χ0) is 14.7. The number of aromatic nitrogens is 1. The number of thiazole rings is 1. The van der Waals surface area contributed by atoms with Crippen molar-refractivity contribution < 1.29 is 4.74 Å². The first kappa shape index (κ1) is 15.1. The average molecular weight is 312 g/mol. The third-order valence-electron chi connectivity index (χ3n) is 3.12. The van der Waals surface area contributed by atoms with Gasteiger partial charge in [0.15, 0.2) is 5.13 Å². The SMILES string of the molecule is CNc1nc(-c2ccc(OC)c(Cl)c2)c(C(C)NC)s1. The summed E-state index contributed by atoms with van der Waals surface area (Å²) < 4.78 is 5.19. The van der Waals surface area contributed by atoms with Gasteiger partial charge in [0.05, 0.1) is 22.7 Å². The number of hydrogen-bond donors (Lipinski definition) is 2. The van der Waals surface area contributed by atoms with Gasteiger partial charge in [0, 0.05) is 18.7 Å². The summed E-state index contributed by atoms with van der Waals surface area (Å²) in [5.41, 5.74) is 1.94. The topological polar surface area (TPSA) is 46.2 Å². The molecule has 0 fully saturated rings. The summed E-state index contributed by atoms with van der Waals surface area (Å²) in [5.74, 6) is 0.669. The summed E-state index contributed by atoms with van der Waals surface area (Å²) in [6.45, 7) is 2.11. The van der Waals surface area contributed by atoms with Gasteiger partial charge >= 0.3 is 0 Å². The molecule has 0 spiro atoms. The number of hydrogen-bond acceptors (Lipinski definition) is 5. The number of benzene rings is 1. The molecule has 1 unspecified atom stereocenters. The minimum atomic E-state index is 0.227. The van der Waals surface area contributed by atoms with E-state index in [4.69, 9.17) is 16.3 Å². The third-order valence-corrected chi connectivity index (χ3v) is 4.67. The molecule has 2 rings (SSSR count). The van der Waals surface area contributed by atoms with Crippen LogP contribution in [0.4, 0.5) is 5.13 Å². The van der Waals surface area contributed by atoms with E-state index in [0.29, 0.717) is 10.8 Å². The van der Waals surface area contributed by atoms with Gasteiger partial charge in [-0.3, -0.25) is 0 Å². The highest BCUT2D eigenvalue weighted by Crippen LogP contribution is 2.37. The molecule has 1 heterocycles. The molecule has 1 atom stereocenters. The van der Waals surface area contributed by atoms with E-state index in [2.05, 4.69) is 22.5 Å². The van der Waals surface area contributed by atoms with Crippen LogP contribution in [0.25, 0.3) is 11.3 Å². The van der Waals surface area contributed by atoms with Crippen LogP contribution in [0.5, 0.6) is 5.75 Å². The lowest BCUT2D eigenvalue weighted by molar-refractivity contribution is 0.415. The van der Waals surface area contributed by atoms with Crippen LogP contribution in [0, 0.1) is 0 Å². The highest BCUT2D eigenvalue weighted by atomic mass is 35.5. The monoisotopic (exact) mass is 311 g/mol. The molecule has 2 aromatic rings. The Bertz CT molecular complexity index is 600. The predicted octanol–water partition coefficient (Wildman–Crippen LogP) is 3.79. The lowest BCUT2D eigenvalue weighted by Gasteiger charge is -2.10. The first-order valence-electron chi connectivity index (χ1n) is 6.30. The predicted molar refractivity (Wildman–Crippen MR) is 86.1 cm³/mol. The van der Waals surface area contributed by atoms with E-state index in [1.165, 1.54) is 4.88 Å². The zero-order valence-electron chi connectivity index (χ0n) is 12.0. The maximum Gasteiger partial charge on any atom is 0.183 e. The molecule has 0 radical (unpaired) electrons. The van der Waals surface area contributed by atoms with Gasteiger partial charge in [-0.2, -0.15) is 0 Å². The van der Waals surface area contributed by atoms with Crippen LogP contribution in [-0.4, -0.2) is 26.2 Å². The highest BCUT2D eigenvalue weighted by molar-refractivity contribution is 7.16. The van der Waals surface area contributed by atoms with Gasteiger partial charge in [0.1, 0.15) is 5.75 Å². The van der Waals surface area contributed by atoms with Gasteiger partial charge in [0.25, 0.3) is 0 Å². The molecule has 0 aliphatic rings. The van der Waals surface area contributed by atoms with Gasteiger partial charge in [-0.15, -0.1) is 0 Å². The largest absolute Gasteiger partial charge is 0.495 e. The second-order valence-corrected chi connectivity index (χ2v) is 5.78. The van der Waals surface area contributed by atoms with E-state index in [-0.39, 0.29) is 6.04 Å². The Labute approximate surface area is 128 Å². The van der Waals surface area contributed by atoms with Gasteiger partial charge in [-0.25, -0.2) is 4.98 Å². The maximum atomic E-state index is 6.21. The van der Waals surface area contributed by atoms with Crippen LogP contribution in [-0.2, 0) is 0 Å². The smallest absolute Gasteiger partial charge is 0.183 e. The van der Waals surface area contributed by atoms with E-state index in [9.17, 15) is 0 Å².